The van der Waals surface area contributed by atoms with Crippen molar-refractivity contribution in [3.63, 3.8) is 0 Å². The molecule has 0 heterocycles. The molecule has 0 bridgehead atoms. The van der Waals surface area contributed by atoms with Crippen LogP contribution in [0.15, 0.2) is 11.5 Å². The van der Waals surface area contributed by atoms with Gasteiger partial charge >= 0.3 is 10.2 Å². The Morgan fingerprint density at radius 1 is 1.09 bits per heavy atom. The minimum absolute atomic E-state index is 0.0790. The minimum atomic E-state index is -9.31. The fourth-order valence-corrected chi connectivity index (χ4v) is 0.846. The summed E-state index contributed by atoms with van der Waals surface area (Å²) in [7, 11) is -9.31. The van der Waals surface area contributed by atoms with E-state index in [0.717, 1.165) is 0 Å². The first kappa shape index (κ1) is 10.7. The topological polar surface area (TPSA) is 26.0 Å². The Balaban J connectivity index is 4.37. The van der Waals surface area contributed by atoms with Gasteiger partial charge in [-0.1, -0.05) is 25.5 Å². The van der Waals surface area contributed by atoms with E-state index >= 15 is 0 Å². The van der Waals surface area contributed by atoms with E-state index in [4.69, 9.17) is 5.73 Å². The Labute approximate surface area is 60.8 Å². The van der Waals surface area contributed by atoms with Crippen molar-refractivity contribution in [1.82, 2.24) is 0 Å². The summed E-state index contributed by atoms with van der Waals surface area (Å²) in [5, 5.41) is -0.979. The van der Waals surface area contributed by atoms with E-state index in [1.807, 2.05) is 0 Å². The van der Waals surface area contributed by atoms with Gasteiger partial charge in [0.1, 0.15) is 0 Å². The van der Waals surface area contributed by atoms with Gasteiger partial charge in [-0.05, 0) is 13.0 Å². The van der Waals surface area contributed by atoms with Crippen LogP contribution in [0, 0.1) is 0 Å². The fraction of sp³-hybridized carbons (Fsp3) is 0.500. The van der Waals surface area contributed by atoms with Gasteiger partial charge in [0, 0.05) is 0 Å². The minimum Gasteiger partial charge on any atom is -0.330 e. The molecule has 0 amide bonds. The van der Waals surface area contributed by atoms with Gasteiger partial charge in [0.2, 0.25) is 0 Å². The molecule has 0 aliphatic carbocycles. The molecule has 0 unspecified atom stereocenters. The maximum Gasteiger partial charge on any atom is 0.304 e. The van der Waals surface area contributed by atoms with Gasteiger partial charge in [-0.2, -0.15) is 0 Å². The SMILES string of the molecule is NCC/C=C/S(F)(F)(F)(F)F. The summed E-state index contributed by atoms with van der Waals surface area (Å²) >= 11 is 0. The van der Waals surface area contributed by atoms with Crippen LogP contribution in [-0.2, 0) is 0 Å². The Hall–Kier alpha value is -0.300. The summed E-state index contributed by atoms with van der Waals surface area (Å²) in [5.41, 5.74) is 4.79. The molecule has 0 aromatic rings. The normalized spacial score (nSPS) is 19.8. The van der Waals surface area contributed by atoms with Gasteiger partial charge in [0.25, 0.3) is 0 Å². The molecule has 0 fully saturated rings. The molecule has 0 aliphatic heterocycles. The molecule has 0 saturated heterocycles. The molecule has 2 N–H and O–H groups in total. The monoisotopic (exact) mass is 197 g/mol. The van der Waals surface area contributed by atoms with E-state index in [2.05, 4.69) is 0 Å². The van der Waals surface area contributed by atoms with Crippen LogP contribution in [-0.4, -0.2) is 6.54 Å². The molecular formula is C4H8F5NS. The Bertz CT molecular complexity index is 166. The number of rotatable bonds is 3. The van der Waals surface area contributed by atoms with Crippen molar-refractivity contribution in [3.05, 3.63) is 11.5 Å². The van der Waals surface area contributed by atoms with Gasteiger partial charge in [-0.25, -0.2) is 0 Å². The third-order valence-electron chi connectivity index (χ3n) is 0.687. The molecular weight excluding hydrogens is 189 g/mol. The van der Waals surface area contributed by atoms with Crippen molar-refractivity contribution < 1.29 is 19.4 Å². The van der Waals surface area contributed by atoms with Crippen LogP contribution in [0.1, 0.15) is 6.42 Å². The highest BCUT2D eigenvalue weighted by atomic mass is 32.5. The number of hydrogen-bond donors (Lipinski definition) is 1. The van der Waals surface area contributed by atoms with E-state index in [9.17, 15) is 19.4 Å². The molecule has 0 aromatic heterocycles. The van der Waals surface area contributed by atoms with Crippen molar-refractivity contribution in [3.8, 4) is 0 Å². The first-order chi connectivity index (χ1) is 4.54. The van der Waals surface area contributed by atoms with E-state index in [-0.39, 0.29) is 13.0 Å². The smallest absolute Gasteiger partial charge is 0.304 e. The zero-order valence-electron chi connectivity index (χ0n) is 5.44. The first-order valence-electron chi connectivity index (χ1n) is 2.66. The number of hydrogen-bond acceptors (Lipinski definition) is 1. The van der Waals surface area contributed by atoms with Crippen LogP contribution in [0.3, 0.4) is 0 Å². The zero-order chi connectivity index (χ0) is 9.24. The van der Waals surface area contributed by atoms with Crippen LogP contribution in [0.25, 0.3) is 0 Å². The van der Waals surface area contributed by atoms with Crippen molar-refractivity contribution in [2.75, 3.05) is 6.54 Å². The summed E-state index contributed by atoms with van der Waals surface area (Å²) in [4.78, 5) is 0. The lowest BCUT2D eigenvalue weighted by molar-refractivity contribution is 0.384. The average Bonchev–Trinajstić information content (AvgIpc) is 1.59. The van der Waals surface area contributed by atoms with Crippen molar-refractivity contribution >= 4 is 10.2 Å². The van der Waals surface area contributed by atoms with E-state index in [1.54, 1.807) is 0 Å². The molecule has 0 rings (SSSR count). The van der Waals surface area contributed by atoms with Gasteiger partial charge in [-0.3, -0.25) is 0 Å². The maximum atomic E-state index is 11.4. The Kier molecular flexibility index (Phi) is 2.04. The Morgan fingerprint density at radius 3 is 1.82 bits per heavy atom. The predicted molar refractivity (Wildman–Crippen MR) is 35.9 cm³/mol. The van der Waals surface area contributed by atoms with Gasteiger partial charge in [0.05, 0.1) is 5.41 Å². The highest BCUT2D eigenvalue weighted by Crippen LogP contribution is 2.98. The fourth-order valence-electron chi connectivity index (χ4n) is 0.346. The molecule has 0 spiro atoms. The molecule has 11 heavy (non-hydrogen) atoms. The molecule has 1 nitrogen and oxygen atoms in total. The molecule has 0 aliphatic rings. The summed E-state index contributed by atoms with van der Waals surface area (Å²) in [6, 6.07) is 0. The Morgan fingerprint density at radius 2 is 1.55 bits per heavy atom. The molecule has 0 saturated carbocycles. The summed E-state index contributed by atoms with van der Waals surface area (Å²) in [5.74, 6) is 0. The van der Waals surface area contributed by atoms with Crippen LogP contribution < -0.4 is 5.73 Å². The highest BCUT2D eigenvalue weighted by Gasteiger charge is 2.60. The van der Waals surface area contributed by atoms with E-state index < -0.39 is 15.6 Å². The van der Waals surface area contributed by atoms with Gasteiger partial charge in [-0.15, -0.1) is 0 Å². The van der Waals surface area contributed by atoms with Crippen molar-refractivity contribution in [2.24, 2.45) is 5.73 Å². The highest BCUT2D eigenvalue weighted by molar-refractivity contribution is 8.48. The van der Waals surface area contributed by atoms with Crippen LogP contribution >= 0.6 is 10.2 Å². The van der Waals surface area contributed by atoms with Crippen LogP contribution in [0.5, 0.6) is 0 Å². The third-order valence-corrected chi connectivity index (χ3v) is 1.39. The average molecular weight is 197 g/mol. The van der Waals surface area contributed by atoms with Crippen LogP contribution in [0.2, 0.25) is 0 Å². The molecule has 7 heteroatoms. The molecule has 0 atom stereocenters. The third kappa shape index (κ3) is 9.70. The molecule has 0 radical (unpaired) electrons. The number of nitrogens with two attached hydrogens (primary N) is 1. The van der Waals surface area contributed by atoms with Crippen LogP contribution in [0.4, 0.5) is 19.4 Å². The lowest BCUT2D eigenvalue weighted by atomic mass is 10.4. The quantitative estimate of drug-likeness (QED) is 0.691. The van der Waals surface area contributed by atoms with E-state index in [1.165, 1.54) is 0 Å². The molecule has 0 aromatic carbocycles. The molecule has 70 valence electrons. The van der Waals surface area contributed by atoms with Gasteiger partial charge in [0.15, 0.2) is 0 Å². The standard InChI is InChI=1S/C4H8F5NS/c5-11(6,7,8,9)4-2-1-3-10/h2,4H,1,3,10H2/b4-2+. The number of halogens is 5. The second-order valence-corrected chi connectivity index (χ2v) is 4.31. The van der Waals surface area contributed by atoms with Crippen molar-refractivity contribution in [1.29, 1.82) is 0 Å². The summed E-state index contributed by atoms with van der Waals surface area (Å²) < 4.78 is 57.1. The first-order valence-corrected chi connectivity index (χ1v) is 4.67. The summed E-state index contributed by atoms with van der Waals surface area (Å²) in [6.07, 6.45) is 0.132. The van der Waals surface area contributed by atoms with Crippen molar-refractivity contribution in [2.45, 2.75) is 6.42 Å². The second kappa shape index (κ2) is 2.10. The maximum absolute atomic E-state index is 11.4. The summed E-state index contributed by atoms with van der Waals surface area (Å²) in [6.45, 7) is -0.0790. The second-order valence-electron chi connectivity index (χ2n) is 1.98. The lowest BCUT2D eigenvalue weighted by Gasteiger charge is -2.36. The largest absolute Gasteiger partial charge is 0.330 e. The zero-order valence-corrected chi connectivity index (χ0v) is 6.26. The van der Waals surface area contributed by atoms with Gasteiger partial charge < -0.3 is 5.73 Å². The predicted octanol–water partition coefficient (Wildman–Crippen LogP) is 3.15. The van der Waals surface area contributed by atoms with E-state index in [0.29, 0.717) is 6.08 Å². The lowest BCUT2D eigenvalue weighted by Crippen LogP contribution is -2.00.